The minimum atomic E-state index is -0.648. The van der Waals surface area contributed by atoms with E-state index >= 15 is 0 Å². The number of para-hydroxylation sites is 1. The lowest BCUT2D eigenvalue weighted by Gasteiger charge is -2.25. The molecular formula is C18H21N5O3. The van der Waals surface area contributed by atoms with E-state index in [1.807, 2.05) is 37.3 Å². The summed E-state index contributed by atoms with van der Waals surface area (Å²) in [7, 11) is 2.96. The SMILES string of the molecule is CCN(C(=O)C(C)n1cnc2c1c(=O)n(C)c(=O)n2C)c1ccccc1. The van der Waals surface area contributed by atoms with Crippen LogP contribution in [0.3, 0.4) is 0 Å². The smallest absolute Gasteiger partial charge is 0.312 e. The number of aryl methyl sites for hydroxylation is 1. The number of hydrogen-bond donors (Lipinski definition) is 0. The number of nitrogens with zero attached hydrogens (tertiary/aromatic N) is 5. The highest BCUT2D eigenvalue weighted by atomic mass is 16.2. The molecule has 1 unspecified atom stereocenters. The summed E-state index contributed by atoms with van der Waals surface area (Å²) < 4.78 is 3.86. The molecule has 0 aliphatic heterocycles. The zero-order chi connectivity index (χ0) is 19.0. The van der Waals surface area contributed by atoms with Crippen molar-refractivity contribution in [1.29, 1.82) is 0 Å². The van der Waals surface area contributed by atoms with E-state index < -0.39 is 17.3 Å². The second-order valence-corrected chi connectivity index (χ2v) is 6.12. The van der Waals surface area contributed by atoms with Crippen molar-refractivity contribution in [1.82, 2.24) is 18.7 Å². The van der Waals surface area contributed by atoms with Crippen LogP contribution in [-0.4, -0.2) is 31.1 Å². The van der Waals surface area contributed by atoms with Crippen molar-refractivity contribution in [3.63, 3.8) is 0 Å². The molecule has 1 aromatic carbocycles. The predicted octanol–water partition coefficient (Wildman–Crippen LogP) is 1.05. The first-order valence-electron chi connectivity index (χ1n) is 8.37. The topological polar surface area (TPSA) is 82.1 Å². The van der Waals surface area contributed by atoms with E-state index in [9.17, 15) is 14.4 Å². The molecule has 0 saturated heterocycles. The van der Waals surface area contributed by atoms with Crippen molar-refractivity contribution in [2.45, 2.75) is 19.9 Å². The normalized spacial score (nSPS) is 12.3. The third kappa shape index (κ3) is 2.63. The number of carbonyl (C=O) groups is 1. The molecular weight excluding hydrogens is 334 g/mol. The van der Waals surface area contributed by atoms with Gasteiger partial charge in [0.15, 0.2) is 11.2 Å². The van der Waals surface area contributed by atoms with E-state index in [4.69, 9.17) is 0 Å². The van der Waals surface area contributed by atoms with Gasteiger partial charge in [-0.15, -0.1) is 0 Å². The van der Waals surface area contributed by atoms with Crippen LogP contribution in [0.2, 0.25) is 0 Å². The van der Waals surface area contributed by atoms with Crippen LogP contribution in [0.25, 0.3) is 11.2 Å². The molecule has 8 heteroatoms. The number of rotatable bonds is 4. The van der Waals surface area contributed by atoms with E-state index in [0.29, 0.717) is 6.54 Å². The molecule has 0 aliphatic rings. The van der Waals surface area contributed by atoms with E-state index in [1.54, 1.807) is 18.9 Å². The Morgan fingerprint density at radius 2 is 1.81 bits per heavy atom. The average Bonchev–Trinajstić information content (AvgIpc) is 3.10. The van der Waals surface area contributed by atoms with Crippen LogP contribution in [0.5, 0.6) is 0 Å². The van der Waals surface area contributed by atoms with Crippen LogP contribution in [0.15, 0.2) is 46.2 Å². The van der Waals surface area contributed by atoms with E-state index in [2.05, 4.69) is 4.98 Å². The molecule has 0 aliphatic carbocycles. The summed E-state index contributed by atoms with van der Waals surface area (Å²) >= 11 is 0. The maximum Gasteiger partial charge on any atom is 0.332 e. The Hall–Kier alpha value is -3.16. The molecule has 0 fully saturated rings. The molecule has 8 nitrogen and oxygen atoms in total. The van der Waals surface area contributed by atoms with Crippen LogP contribution in [0.1, 0.15) is 19.9 Å². The zero-order valence-corrected chi connectivity index (χ0v) is 15.2. The average molecular weight is 355 g/mol. The minimum absolute atomic E-state index is 0.158. The number of likely N-dealkylation sites (N-methyl/N-ethyl adjacent to an activating group) is 1. The molecule has 1 amide bonds. The number of carbonyl (C=O) groups excluding carboxylic acids is 1. The van der Waals surface area contributed by atoms with Crippen molar-refractivity contribution in [3.05, 3.63) is 57.5 Å². The number of benzene rings is 1. The number of hydrogen-bond acceptors (Lipinski definition) is 4. The fourth-order valence-electron chi connectivity index (χ4n) is 3.08. The fourth-order valence-corrected chi connectivity index (χ4v) is 3.08. The highest BCUT2D eigenvalue weighted by molar-refractivity contribution is 5.96. The highest BCUT2D eigenvalue weighted by Gasteiger charge is 2.25. The molecule has 0 bridgehead atoms. The van der Waals surface area contributed by atoms with Gasteiger partial charge in [-0.05, 0) is 26.0 Å². The van der Waals surface area contributed by atoms with E-state index in [1.165, 1.54) is 22.5 Å². The Morgan fingerprint density at radius 3 is 2.42 bits per heavy atom. The number of aromatic nitrogens is 4. The van der Waals surface area contributed by atoms with Gasteiger partial charge in [-0.25, -0.2) is 9.78 Å². The van der Waals surface area contributed by atoms with Gasteiger partial charge in [0.25, 0.3) is 5.56 Å². The van der Waals surface area contributed by atoms with E-state index in [-0.39, 0.29) is 17.1 Å². The maximum absolute atomic E-state index is 13.1. The Balaban J connectivity index is 2.11. The third-order valence-corrected chi connectivity index (χ3v) is 4.60. The monoisotopic (exact) mass is 355 g/mol. The molecule has 0 radical (unpaired) electrons. The summed E-state index contributed by atoms with van der Waals surface area (Å²) in [4.78, 5) is 43.5. The highest BCUT2D eigenvalue weighted by Crippen LogP contribution is 2.20. The van der Waals surface area contributed by atoms with Gasteiger partial charge in [-0.2, -0.15) is 0 Å². The summed E-state index contributed by atoms with van der Waals surface area (Å²) in [5.74, 6) is -0.158. The molecule has 136 valence electrons. The van der Waals surface area contributed by atoms with Gasteiger partial charge < -0.3 is 9.47 Å². The van der Waals surface area contributed by atoms with E-state index in [0.717, 1.165) is 10.3 Å². The van der Waals surface area contributed by atoms with Gasteiger partial charge in [0, 0.05) is 26.3 Å². The van der Waals surface area contributed by atoms with Gasteiger partial charge in [0.05, 0.1) is 6.33 Å². The van der Waals surface area contributed by atoms with Gasteiger partial charge in [0.1, 0.15) is 6.04 Å². The molecule has 26 heavy (non-hydrogen) atoms. The maximum atomic E-state index is 13.1. The fraction of sp³-hybridized carbons (Fsp3) is 0.333. The molecule has 0 N–H and O–H groups in total. The lowest BCUT2D eigenvalue weighted by molar-refractivity contribution is -0.121. The molecule has 2 aromatic heterocycles. The van der Waals surface area contributed by atoms with Crippen LogP contribution in [0, 0.1) is 0 Å². The zero-order valence-electron chi connectivity index (χ0n) is 15.2. The van der Waals surface area contributed by atoms with Crippen LogP contribution >= 0.6 is 0 Å². The Kier molecular flexibility index (Phi) is 4.50. The quantitative estimate of drug-likeness (QED) is 0.700. The number of amides is 1. The Labute approximate surface area is 149 Å². The van der Waals surface area contributed by atoms with Crippen LogP contribution in [-0.2, 0) is 18.9 Å². The number of imidazole rings is 1. The second-order valence-electron chi connectivity index (χ2n) is 6.12. The summed E-state index contributed by atoms with van der Waals surface area (Å²) in [5, 5.41) is 0. The first-order valence-corrected chi connectivity index (χ1v) is 8.37. The summed E-state index contributed by atoms with van der Waals surface area (Å²) in [6.07, 6.45) is 1.44. The van der Waals surface area contributed by atoms with Crippen molar-refractivity contribution in [2.75, 3.05) is 11.4 Å². The Morgan fingerprint density at radius 1 is 1.15 bits per heavy atom. The molecule has 0 saturated carbocycles. The lowest BCUT2D eigenvalue weighted by Crippen LogP contribution is -2.39. The molecule has 0 spiro atoms. The van der Waals surface area contributed by atoms with Crippen molar-refractivity contribution in [2.24, 2.45) is 14.1 Å². The largest absolute Gasteiger partial charge is 0.332 e. The van der Waals surface area contributed by atoms with Gasteiger partial charge in [-0.3, -0.25) is 18.7 Å². The van der Waals surface area contributed by atoms with Gasteiger partial charge in [-0.1, -0.05) is 18.2 Å². The first kappa shape index (κ1) is 17.7. The molecule has 3 aromatic rings. The van der Waals surface area contributed by atoms with Crippen molar-refractivity contribution >= 4 is 22.8 Å². The summed E-state index contributed by atoms with van der Waals surface area (Å²) in [6, 6.07) is 8.71. The number of fused-ring (bicyclic) bond motifs is 1. The second kappa shape index (κ2) is 6.62. The van der Waals surface area contributed by atoms with Crippen molar-refractivity contribution < 1.29 is 4.79 Å². The first-order chi connectivity index (χ1) is 12.4. The summed E-state index contributed by atoms with van der Waals surface area (Å²) in [5.41, 5.74) is 0.367. The van der Waals surface area contributed by atoms with Crippen molar-refractivity contribution in [3.8, 4) is 0 Å². The van der Waals surface area contributed by atoms with Crippen LogP contribution < -0.4 is 16.1 Å². The van der Waals surface area contributed by atoms with Gasteiger partial charge in [0.2, 0.25) is 5.91 Å². The third-order valence-electron chi connectivity index (χ3n) is 4.60. The minimum Gasteiger partial charge on any atom is -0.312 e. The molecule has 2 heterocycles. The summed E-state index contributed by atoms with van der Waals surface area (Å²) in [6.45, 7) is 4.11. The predicted molar refractivity (Wildman–Crippen MR) is 99.4 cm³/mol. The van der Waals surface area contributed by atoms with Crippen LogP contribution in [0.4, 0.5) is 5.69 Å². The Bertz CT molecular complexity index is 1080. The molecule has 1 atom stereocenters. The standard InChI is InChI=1S/C18H21N5O3/c1-5-22(13-9-7-6-8-10-13)16(24)12(2)23-11-19-15-14(23)17(25)21(4)18(26)20(15)3/h6-12H,5H2,1-4H3. The number of anilines is 1. The van der Waals surface area contributed by atoms with Gasteiger partial charge >= 0.3 is 5.69 Å². The molecule has 3 rings (SSSR count). The lowest BCUT2D eigenvalue weighted by atomic mass is 10.2.